The summed E-state index contributed by atoms with van der Waals surface area (Å²) in [7, 11) is 1.63. The molecular formula is C19H21N3O3. The highest BCUT2D eigenvalue weighted by Gasteiger charge is 2.13. The first kappa shape index (κ1) is 17.0. The second kappa shape index (κ2) is 7.81. The molecule has 6 nitrogen and oxygen atoms in total. The zero-order valence-electron chi connectivity index (χ0n) is 14.4. The lowest BCUT2D eigenvalue weighted by atomic mass is 10.2. The van der Waals surface area contributed by atoms with E-state index in [4.69, 9.17) is 9.47 Å². The van der Waals surface area contributed by atoms with Crippen molar-refractivity contribution in [3.63, 3.8) is 0 Å². The van der Waals surface area contributed by atoms with Crippen molar-refractivity contribution in [2.75, 3.05) is 20.3 Å². The first-order valence-corrected chi connectivity index (χ1v) is 8.11. The highest BCUT2D eigenvalue weighted by atomic mass is 16.5. The highest BCUT2D eigenvalue weighted by Crippen LogP contribution is 2.18. The van der Waals surface area contributed by atoms with Crippen molar-refractivity contribution in [3.05, 3.63) is 65.5 Å². The SMILES string of the molecule is COCCOc1ccccc1CNC(=O)c1cnn2ccc(C)cc12. The van der Waals surface area contributed by atoms with E-state index in [9.17, 15) is 4.79 Å². The van der Waals surface area contributed by atoms with Crippen LogP contribution in [-0.4, -0.2) is 35.8 Å². The Kier molecular flexibility index (Phi) is 5.30. The van der Waals surface area contributed by atoms with Crippen molar-refractivity contribution in [3.8, 4) is 5.75 Å². The average Bonchev–Trinajstić information content (AvgIpc) is 3.04. The van der Waals surface area contributed by atoms with Crippen LogP contribution < -0.4 is 10.1 Å². The number of hydrogen-bond acceptors (Lipinski definition) is 4. The molecule has 6 heteroatoms. The zero-order valence-corrected chi connectivity index (χ0v) is 14.4. The number of fused-ring (bicyclic) bond motifs is 1. The Hall–Kier alpha value is -2.86. The molecule has 0 radical (unpaired) electrons. The third-order valence-electron chi connectivity index (χ3n) is 3.88. The quantitative estimate of drug-likeness (QED) is 0.672. The predicted octanol–water partition coefficient (Wildman–Crippen LogP) is 2.60. The molecule has 0 aliphatic heterocycles. The fourth-order valence-electron chi connectivity index (χ4n) is 2.56. The molecule has 0 aliphatic rings. The minimum atomic E-state index is -0.160. The van der Waals surface area contributed by atoms with E-state index < -0.39 is 0 Å². The molecule has 0 fully saturated rings. The summed E-state index contributed by atoms with van der Waals surface area (Å²) in [6.07, 6.45) is 3.44. The summed E-state index contributed by atoms with van der Waals surface area (Å²) >= 11 is 0. The van der Waals surface area contributed by atoms with Crippen LogP contribution in [-0.2, 0) is 11.3 Å². The number of pyridine rings is 1. The van der Waals surface area contributed by atoms with Gasteiger partial charge in [0.25, 0.3) is 5.91 Å². The van der Waals surface area contributed by atoms with Crippen LogP contribution in [0.3, 0.4) is 0 Å². The molecule has 3 aromatic rings. The van der Waals surface area contributed by atoms with Crippen molar-refractivity contribution >= 4 is 11.4 Å². The first-order valence-electron chi connectivity index (χ1n) is 8.11. The van der Waals surface area contributed by atoms with Gasteiger partial charge in [-0.25, -0.2) is 4.52 Å². The molecule has 25 heavy (non-hydrogen) atoms. The maximum Gasteiger partial charge on any atom is 0.255 e. The Bertz CT molecular complexity index is 873. The van der Waals surface area contributed by atoms with Gasteiger partial charge >= 0.3 is 0 Å². The molecule has 2 heterocycles. The highest BCUT2D eigenvalue weighted by molar-refractivity contribution is 6.00. The van der Waals surface area contributed by atoms with Crippen LogP contribution in [0.5, 0.6) is 5.75 Å². The van der Waals surface area contributed by atoms with E-state index in [1.165, 1.54) is 0 Å². The van der Waals surface area contributed by atoms with Crippen LogP contribution in [0, 0.1) is 6.92 Å². The minimum absolute atomic E-state index is 0.160. The lowest BCUT2D eigenvalue weighted by Crippen LogP contribution is -2.23. The molecule has 1 amide bonds. The Labute approximate surface area is 146 Å². The van der Waals surface area contributed by atoms with E-state index in [1.54, 1.807) is 17.8 Å². The number of rotatable bonds is 7. The van der Waals surface area contributed by atoms with Gasteiger partial charge in [0.15, 0.2) is 0 Å². The summed E-state index contributed by atoms with van der Waals surface area (Å²) in [5.74, 6) is 0.586. The largest absolute Gasteiger partial charge is 0.491 e. The smallest absolute Gasteiger partial charge is 0.255 e. The van der Waals surface area contributed by atoms with Crippen molar-refractivity contribution in [2.24, 2.45) is 0 Å². The zero-order chi connectivity index (χ0) is 17.6. The lowest BCUT2D eigenvalue weighted by Gasteiger charge is -2.11. The van der Waals surface area contributed by atoms with Gasteiger partial charge in [-0.15, -0.1) is 0 Å². The molecule has 2 aromatic heterocycles. The van der Waals surface area contributed by atoms with Gasteiger partial charge in [0.05, 0.1) is 23.9 Å². The maximum atomic E-state index is 12.6. The number of benzene rings is 1. The normalized spacial score (nSPS) is 10.8. The monoisotopic (exact) mass is 339 g/mol. The second-order valence-corrected chi connectivity index (χ2v) is 5.72. The van der Waals surface area contributed by atoms with Gasteiger partial charge in [0.1, 0.15) is 12.4 Å². The van der Waals surface area contributed by atoms with Gasteiger partial charge in [-0.1, -0.05) is 18.2 Å². The number of nitrogens with one attached hydrogen (secondary N) is 1. The molecule has 0 unspecified atom stereocenters. The molecule has 0 atom stereocenters. The lowest BCUT2D eigenvalue weighted by molar-refractivity contribution is 0.0952. The van der Waals surface area contributed by atoms with E-state index in [0.717, 1.165) is 22.4 Å². The number of para-hydroxylation sites is 1. The maximum absolute atomic E-state index is 12.6. The van der Waals surface area contributed by atoms with Gasteiger partial charge in [0, 0.05) is 25.4 Å². The number of aryl methyl sites for hydroxylation is 1. The van der Waals surface area contributed by atoms with Gasteiger partial charge in [-0.05, 0) is 30.7 Å². The van der Waals surface area contributed by atoms with Crippen LogP contribution in [0.2, 0.25) is 0 Å². The molecule has 0 saturated carbocycles. The molecular weight excluding hydrogens is 318 g/mol. The number of carbonyl (C=O) groups is 1. The van der Waals surface area contributed by atoms with Crippen LogP contribution in [0.4, 0.5) is 0 Å². The van der Waals surface area contributed by atoms with Crippen molar-refractivity contribution in [1.29, 1.82) is 0 Å². The predicted molar refractivity (Wildman–Crippen MR) is 94.9 cm³/mol. The number of amides is 1. The summed E-state index contributed by atoms with van der Waals surface area (Å²) in [4.78, 5) is 12.6. The van der Waals surface area contributed by atoms with E-state index >= 15 is 0 Å². The Morgan fingerprint density at radius 2 is 2.08 bits per heavy atom. The van der Waals surface area contributed by atoms with Crippen LogP contribution in [0.25, 0.3) is 5.52 Å². The van der Waals surface area contributed by atoms with E-state index in [-0.39, 0.29) is 5.91 Å². The van der Waals surface area contributed by atoms with Crippen LogP contribution >= 0.6 is 0 Å². The number of carbonyl (C=O) groups excluding carboxylic acids is 1. The summed E-state index contributed by atoms with van der Waals surface area (Å²) < 4.78 is 12.4. The van der Waals surface area contributed by atoms with Gasteiger partial charge < -0.3 is 14.8 Å². The summed E-state index contributed by atoms with van der Waals surface area (Å²) in [5.41, 5.74) is 3.35. The van der Waals surface area contributed by atoms with Gasteiger partial charge in [-0.3, -0.25) is 4.79 Å². The molecule has 1 N–H and O–H groups in total. The van der Waals surface area contributed by atoms with Crippen molar-refractivity contribution < 1.29 is 14.3 Å². The fraction of sp³-hybridized carbons (Fsp3) is 0.263. The Morgan fingerprint density at radius 1 is 1.24 bits per heavy atom. The Balaban J connectivity index is 1.71. The summed E-state index contributed by atoms with van der Waals surface area (Å²) in [6, 6.07) is 11.5. The van der Waals surface area contributed by atoms with Crippen molar-refractivity contribution in [1.82, 2.24) is 14.9 Å². The van der Waals surface area contributed by atoms with Gasteiger partial charge in [0.2, 0.25) is 0 Å². The second-order valence-electron chi connectivity index (χ2n) is 5.72. The summed E-state index contributed by atoms with van der Waals surface area (Å²) in [5, 5.41) is 7.16. The van der Waals surface area contributed by atoms with E-state index in [1.807, 2.05) is 49.5 Å². The molecule has 1 aromatic carbocycles. The molecule has 3 rings (SSSR count). The number of ether oxygens (including phenoxy) is 2. The third kappa shape index (κ3) is 3.97. The first-order chi connectivity index (χ1) is 12.2. The number of methoxy groups -OCH3 is 1. The van der Waals surface area contributed by atoms with Crippen LogP contribution in [0.15, 0.2) is 48.8 Å². The molecule has 130 valence electrons. The minimum Gasteiger partial charge on any atom is -0.491 e. The average molecular weight is 339 g/mol. The Morgan fingerprint density at radius 3 is 2.92 bits per heavy atom. The number of nitrogens with zero attached hydrogens (tertiary/aromatic N) is 2. The van der Waals surface area contributed by atoms with Crippen molar-refractivity contribution in [2.45, 2.75) is 13.5 Å². The van der Waals surface area contributed by atoms with Crippen LogP contribution in [0.1, 0.15) is 21.5 Å². The standard InChI is InChI=1S/C19H21N3O3/c1-14-7-8-22-17(11-14)16(13-21-22)19(23)20-12-15-5-3-4-6-18(15)25-10-9-24-2/h3-8,11,13H,9-10,12H2,1-2H3,(H,20,23). The van der Waals surface area contributed by atoms with E-state index in [2.05, 4.69) is 10.4 Å². The molecule has 0 saturated heterocycles. The van der Waals surface area contributed by atoms with Gasteiger partial charge in [-0.2, -0.15) is 5.10 Å². The number of aromatic nitrogens is 2. The topological polar surface area (TPSA) is 64.9 Å². The third-order valence-corrected chi connectivity index (χ3v) is 3.88. The summed E-state index contributed by atoms with van der Waals surface area (Å²) in [6.45, 7) is 3.35. The molecule has 0 bridgehead atoms. The molecule has 0 aliphatic carbocycles. The van der Waals surface area contributed by atoms with E-state index in [0.29, 0.717) is 25.3 Å². The number of hydrogen-bond donors (Lipinski definition) is 1. The molecule has 0 spiro atoms. The fourth-order valence-corrected chi connectivity index (χ4v) is 2.56.